The molecule has 3 N–H and O–H groups in total. The topological polar surface area (TPSA) is 55.1 Å². The van der Waals surface area contributed by atoms with Gasteiger partial charge in [0.15, 0.2) is 0 Å². The molecule has 0 heterocycles. The van der Waals surface area contributed by atoms with Crippen LogP contribution in [-0.2, 0) is 4.79 Å². The maximum atomic E-state index is 11.8. The Labute approximate surface area is 121 Å². The standard InChI is InChI=1S/C14H13ClN2OS/c15-10-5-7-11(8-6-10)19-9-14(18)17-13-4-2-1-3-12(13)16/h1-8H,9,16H2,(H,17,18). The van der Waals surface area contributed by atoms with Crippen LogP contribution in [-0.4, -0.2) is 11.7 Å². The van der Waals surface area contributed by atoms with Crippen LogP contribution in [0, 0.1) is 0 Å². The number of halogens is 1. The Balaban J connectivity index is 1.88. The normalized spacial score (nSPS) is 10.2. The lowest BCUT2D eigenvalue weighted by atomic mass is 10.3. The van der Waals surface area contributed by atoms with Crippen LogP contribution < -0.4 is 11.1 Å². The number of nitrogens with one attached hydrogen (secondary N) is 1. The summed E-state index contributed by atoms with van der Waals surface area (Å²) in [5.74, 6) is 0.244. The van der Waals surface area contributed by atoms with E-state index in [-0.39, 0.29) is 5.91 Å². The molecule has 0 aliphatic rings. The highest BCUT2D eigenvalue weighted by atomic mass is 35.5. The van der Waals surface area contributed by atoms with E-state index in [1.807, 2.05) is 24.3 Å². The summed E-state index contributed by atoms with van der Waals surface area (Å²) in [6, 6.07) is 14.6. The average molecular weight is 293 g/mol. The van der Waals surface area contributed by atoms with Crippen molar-refractivity contribution in [1.82, 2.24) is 0 Å². The van der Waals surface area contributed by atoms with Gasteiger partial charge in [-0.05, 0) is 36.4 Å². The molecule has 0 saturated heterocycles. The zero-order valence-electron chi connectivity index (χ0n) is 10.1. The number of benzene rings is 2. The van der Waals surface area contributed by atoms with Gasteiger partial charge in [-0.1, -0.05) is 23.7 Å². The van der Waals surface area contributed by atoms with Crippen LogP contribution in [0.1, 0.15) is 0 Å². The number of nitrogen functional groups attached to an aromatic ring is 1. The van der Waals surface area contributed by atoms with E-state index < -0.39 is 0 Å². The van der Waals surface area contributed by atoms with Gasteiger partial charge in [-0.2, -0.15) is 0 Å². The predicted molar refractivity (Wildman–Crippen MR) is 81.7 cm³/mol. The Morgan fingerprint density at radius 2 is 1.84 bits per heavy atom. The van der Waals surface area contributed by atoms with E-state index >= 15 is 0 Å². The molecule has 0 spiro atoms. The fourth-order valence-corrected chi connectivity index (χ4v) is 2.30. The first-order valence-corrected chi connectivity index (χ1v) is 7.04. The number of anilines is 2. The quantitative estimate of drug-likeness (QED) is 0.668. The maximum Gasteiger partial charge on any atom is 0.234 e. The number of hydrogen-bond acceptors (Lipinski definition) is 3. The zero-order chi connectivity index (χ0) is 13.7. The molecule has 0 radical (unpaired) electrons. The average Bonchev–Trinajstić information content (AvgIpc) is 2.41. The number of thioether (sulfide) groups is 1. The van der Waals surface area contributed by atoms with Crippen molar-refractivity contribution < 1.29 is 4.79 Å². The van der Waals surface area contributed by atoms with Crippen molar-refractivity contribution in [2.24, 2.45) is 0 Å². The summed E-state index contributed by atoms with van der Waals surface area (Å²) < 4.78 is 0. The molecule has 0 aromatic heterocycles. The van der Waals surface area contributed by atoms with E-state index in [1.165, 1.54) is 11.8 Å². The summed E-state index contributed by atoms with van der Waals surface area (Å²) in [6.07, 6.45) is 0. The van der Waals surface area contributed by atoms with Crippen molar-refractivity contribution in [1.29, 1.82) is 0 Å². The van der Waals surface area contributed by atoms with Crippen LogP contribution in [0.15, 0.2) is 53.4 Å². The summed E-state index contributed by atoms with van der Waals surface area (Å²) in [4.78, 5) is 12.8. The van der Waals surface area contributed by atoms with Crippen molar-refractivity contribution >= 4 is 40.6 Å². The van der Waals surface area contributed by atoms with Gasteiger partial charge in [0.25, 0.3) is 0 Å². The molecule has 2 aromatic carbocycles. The minimum Gasteiger partial charge on any atom is -0.397 e. The summed E-state index contributed by atoms with van der Waals surface area (Å²) in [7, 11) is 0. The van der Waals surface area contributed by atoms with Crippen LogP contribution in [0.25, 0.3) is 0 Å². The molecule has 0 saturated carbocycles. The third-order valence-electron chi connectivity index (χ3n) is 2.42. The lowest BCUT2D eigenvalue weighted by Gasteiger charge is -2.07. The van der Waals surface area contributed by atoms with Crippen LogP contribution in [0.4, 0.5) is 11.4 Å². The van der Waals surface area contributed by atoms with E-state index in [2.05, 4.69) is 5.32 Å². The van der Waals surface area contributed by atoms with Gasteiger partial charge in [-0.3, -0.25) is 4.79 Å². The van der Waals surface area contributed by atoms with Gasteiger partial charge in [-0.15, -0.1) is 11.8 Å². The molecule has 98 valence electrons. The van der Waals surface area contributed by atoms with E-state index in [0.29, 0.717) is 22.2 Å². The van der Waals surface area contributed by atoms with Crippen LogP contribution >= 0.6 is 23.4 Å². The molecule has 0 aliphatic heterocycles. The molecule has 2 aromatic rings. The summed E-state index contributed by atoms with van der Waals surface area (Å²) in [6.45, 7) is 0. The molecule has 0 unspecified atom stereocenters. The van der Waals surface area contributed by atoms with Crippen molar-refractivity contribution in [3.8, 4) is 0 Å². The highest BCUT2D eigenvalue weighted by molar-refractivity contribution is 8.00. The second-order valence-corrected chi connectivity index (χ2v) is 5.36. The Bertz CT molecular complexity index is 572. The van der Waals surface area contributed by atoms with Crippen molar-refractivity contribution in [3.63, 3.8) is 0 Å². The fourth-order valence-electron chi connectivity index (χ4n) is 1.48. The third-order valence-corrected chi connectivity index (χ3v) is 3.68. The van der Waals surface area contributed by atoms with E-state index in [4.69, 9.17) is 17.3 Å². The van der Waals surface area contributed by atoms with Gasteiger partial charge in [-0.25, -0.2) is 0 Å². The van der Waals surface area contributed by atoms with Gasteiger partial charge < -0.3 is 11.1 Å². The molecule has 19 heavy (non-hydrogen) atoms. The molecule has 0 bridgehead atoms. The van der Waals surface area contributed by atoms with Crippen LogP contribution in [0.3, 0.4) is 0 Å². The van der Waals surface area contributed by atoms with Crippen molar-refractivity contribution in [2.75, 3.05) is 16.8 Å². The number of carbonyl (C=O) groups is 1. The number of para-hydroxylation sites is 2. The maximum absolute atomic E-state index is 11.8. The minimum atomic E-state index is -0.0853. The Morgan fingerprint density at radius 3 is 2.53 bits per heavy atom. The monoisotopic (exact) mass is 292 g/mol. The minimum absolute atomic E-state index is 0.0853. The molecule has 3 nitrogen and oxygen atoms in total. The second-order valence-electron chi connectivity index (χ2n) is 3.88. The summed E-state index contributed by atoms with van der Waals surface area (Å²) in [5.41, 5.74) is 6.96. The predicted octanol–water partition coefficient (Wildman–Crippen LogP) is 3.65. The number of nitrogens with two attached hydrogens (primary N) is 1. The second kappa shape index (κ2) is 6.50. The molecule has 2 rings (SSSR count). The first-order valence-electron chi connectivity index (χ1n) is 5.68. The number of rotatable bonds is 4. The Morgan fingerprint density at radius 1 is 1.16 bits per heavy atom. The summed E-state index contributed by atoms with van der Waals surface area (Å²) in [5, 5.41) is 3.47. The first kappa shape index (κ1) is 13.8. The molecular weight excluding hydrogens is 280 g/mol. The highest BCUT2D eigenvalue weighted by Crippen LogP contribution is 2.21. The number of carbonyl (C=O) groups excluding carboxylic acids is 1. The summed E-state index contributed by atoms with van der Waals surface area (Å²) >= 11 is 7.25. The molecule has 5 heteroatoms. The van der Waals surface area contributed by atoms with Gasteiger partial charge in [0.1, 0.15) is 0 Å². The Kier molecular flexibility index (Phi) is 4.71. The number of hydrogen-bond donors (Lipinski definition) is 2. The smallest absolute Gasteiger partial charge is 0.234 e. The van der Waals surface area contributed by atoms with Gasteiger partial charge in [0.2, 0.25) is 5.91 Å². The molecule has 0 aliphatic carbocycles. The fraction of sp³-hybridized carbons (Fsp3) is 0.0714. The van der Waals surface area contributed by atoms with E-state index in [9.17, 15) is 4.79 Å². The molecule has 0 atom stereocenters. The van der Waals surface area contributed by atoms with Gasteiger partial charge in [0, 0.05) is 9.92 Å². The molecule has 1 amide bonds. The lowest BCUT2D eigenvalue weighted by molar-refractivity contribution is -0.113. The van der Waals surface area contributed by atoms with E-state index in [1.54, 1.807) is 24.3 Å². The third kappa shape index (κ3) is 4.19. The zero-order valence-corrected chi connectivity index (χ0v) is 11.7. The van der Waals surface area contributed by atoms with E-state index in [0.717, 1.165) is 4.90 Å². The van der Waals surface area contributed by atoms with Crippen molar-refractivity contribution in [3.05, 3.63) is 53.6 Å². The van der Waals surface area contributed by atoms with Crippen molar-refractivity contribution in [2.45, 2.75) is 4.90 Å². The molecule has 0 fully saturated rings. The van der Waals surface area contributed by atoms with Gasteiger partial charge >= 0.3 is 0 Å². The van der Waals surface area contributed by atoms with Crippen LogP contribution in [0.2, 0.25) is 5.02 Å². The number of amides is 1. The SMILES string of the molecule is Nc1ccccc1NC(=O)CSc1ccc(Cl)cc1. The van der Waals surface area contributed by atoms with Gasteiger partial charge in [0.05, 0.1) is 17.1 Å². The first-order chi connectivity index (χ1) is 9.15. The largest absolute Gasteiger partial charge is 0.397 e. The Hall–Kier alpha value is -1.65. The molecular formula is C14H13ClN2OS. The lowest BCUT2D eigenvalue weighted by Crippen LogP contribution is -2.15. The highest BCUT2D eigenvalue weighted by Gasteiger charge is 2.05. The van der Waals surface area contributed by atoms with Crippen LogP contribution in [0.5, 0.6) is 0 Å².